The topological polar surface area (TPSA) is 90.1 Å². The summed E-state index contributed by atoms with van der Waals surface area (Å²) < 4.78 is 8.34. The largest absolute Gasteiger partial charge is 0.487 e. The molecule has 0 aliphatic carbocycles. The summed E-state index contributed by atoms with van der Waals surface area (Å²) in [5, 5.41) is 11.1. The van der Waals surface area contributed by atoms with Crippen LogP contribution in [0.2, 0.25) is 0 Å². The molecule has 0 radical (unpaired) electrons. The monoisotopic (exact) mass is 580 g/mol. The molecule has 5 rings (SSSR count). The number of nitrogens with zero attached hydrogens (tertiary/aromatic N) is 4. The van der Waals surface area contributed by atoms with Gasteiger partial charge in [0, 0.05) is 63.4 Å². The van der Waals surface area contributed by atoms with Crippen molar-refractivity contribution in [1.29, 1.82) is 0 Å². The number of rotatable bonds is 10. The van der Waals surface area contributed by atoms with Crippen molar-refractivity contribution < 1.29 is 14.6 Å². The molecule has 0 aliphatic heterocycles. The molecule has 0 spiro atoms. The quantitative estimate of drug-likeness (QED) is 0.170. The first kappa shape index (κ1) is 29.3. The maximum Gasteiger partial charge on any atom is 0.309 e. The second kappa shape index (κ2) is 12.0. The Morgan fingerprint density at radius 2 is 1.74 bits per heavy atom. The minimum atomic E-state index is -0.951. The van der Waals surface area contributed by atoms with E-state index in [1.807, 2.05) is 24.3 Å². The fourth-order valence-electron chi connectivity index (χ4n) is 4.77. The number of carboxylic acids is 1. The van der Waals surface area contributed by atoms with Gasteiger partial charge in [-0.3, -0.25) is 19.7 Å². The lowest BCUT2D eigenvalue weighted by atomic mass is 9.88. The van der Waals surface area contributed by atoms with Gasteiger partial charge in [0.05, 0.1) is 23.0 Å². The Balaban J connectivity index is 1.59. The van der Waals surface area contributed by atoms with Gasteiger partial charge in [0.1, 0.15) is 12.4 Å². The van der Waals surface area contributed by atoms with Crippen molar-refractivity contribution in [2.75, 3.05) is 0 Å². The first-order chi connectivity index (χ1) is 20.0. The molecular weight excluding hydrogens is 544 g/mol. The number of aromatic nitrogens is 4. The highest BCUT2D eigenvalue weighted by molar-refractivity contribution is 8.00. The highest BCUT2D eigenvalue weighted by Crippen LogP contribution is 2.44. The van der Waals surface area contributed by atoms with Crippen LogP contribution < -0.4 is 4.74 Å². The molecule has 1 N–H and O–H groups in total. The number of ether oxygens (including phenoxy) is 1. The van der Waals surface area contributed by atoms with Gasteiger partial charge in [0.2, 0.25) is 0 Å². The summed E-state index contributed by atoms with van der Waals surface area (Å²) in [6.07, 6.45) is 7.25. The maximum atomic E-state index is 12.3. The maximum absolute atomic E-state index is 12.3. The van der Waals surface area contributed by atoms with Crippen LogP contribution in [0, 0.1) is 5.41 Å². The zero-order valence-electron chi connectivity index (χ0n) is 24.7. The molecular formula is C34H36N4O3S. The third-order valence-corrected chi connectivity index (χ3v) is 8.23. The second-order valence-electron chi connectivity index (χ2n) is 12.0. The predicted molar refractivity (Wildman–Crippen MR) is 168 cm³/mol. The molecule has 0 saturated carbocycles. The van der Waals surface area contributed by atoms with Crippen molar-refractivity contribution >= 4 is 28.6 Å². The van der Waals surface area contributed by atoms with Crippen LogP contribution in [0.4, 0.5) is 0 Å². The average molecular weight is 581 g/mol. The summed E-state index contributed by atoms with van der Waals surface area (Å²) in [5.41, 5.74) is 4.88. The molecule has 8 heteroatoms. The number of aliphatic carboxylic acids is 1. The molecule has 0 amide bonds. The highest BCUT2D eigenvalue weighted by Gasteiger charge is 2.32. The minimum Gasteiger partial charge on any atom is -0.487 e. The summed E-state index contributed by atoms with van der Waals surface area (Å²) in [6.45, 7) is 11.1. The van der Waals surface area contributed by atoms with E-state index in [2.05, 4.69) is 76.7 Å². The smallest absolute Gasteiger partial charge is 0.309 e. The van der Waals surface area contributed by atoms with Crippen molar-refractivity contribution in [3.05, 3.63) is 102 Å². The number of hydrogen-bond acceptors (Lipinski definition) is 6. The van der Waals surface area contributed by atoms with Crippen molar-refractivity contribution in [3.8, 4) is 17.0 Å². The predicted octanol–water partition coefficient (Wildman–Crippen LogP) is 7.66. The standard InChI is InChI=1S/C34H36N4O3S/c1-33(2,3)42-31-27-18-26(41-22-25-8-6-7-15-36-25)13-14-29(27)38(30(31)19-34(4,5)32(39)40)21-23-9-11-24(12-10-23)28-20-35-16-17-37-28/h6-18,20H,19,21-22H2,1-5H3,(H,39,40). The Morgan fingerprint density at radius 3 is 2.38 bits per heavy atom. The Morgan fingerprint density at radius 1 is 0.952 bits per heavy atom. The molecule has 0 unspecified atom stereocenters. The van der Waals surface area contributed by atoms with Crippen molar-refractivity contribution in [3.63, 3.8) is 0 Å². The molecule has 5 aromatic rings. The number of fused-ring (bicyclic) bond motifs is 1. The summed E-state index contributed by atoms with van der Waals surface area (Å²) in [5.74, 6) is -0.0721. The lowest BCUT2D eigenvalue weighted by molar-refractivity contribution is -0.146. The van der Waals surface area contributed by atoms with Crippen LogP contribution in [0.25, 0.3) is 22.2 Å². The van der Waals surface area contributed by atoms with Gasteiger partial charge in [0.25, 0.3) is 0 Å². The van der Waals surface area contributed by atoms with Crippen LogP contribution in [-0.2, 0) is 24.4 Å². The van der Waals surface area contributed by atoms with Crippen LogP contribution in [0.3, 0.4) is 0 Å². The lowest BCUT2D eigenvalue weighted by Crippen LogP contribution is -2.28. The molecule has 0 aliphatic rings. The van der Waals surface area contributed by atoms with Gasteiger partial charge in [0.15, 0.2) is 0 Å². The van der Waals surface area contributed by atoms with E-state index in [0.29, 0.717) is 19.6 Å². The van der Waals surface area contributed by atoms with Crippen molar-refractivity contribution in [2.45, 2.75) is 63.8 Å². The van der Waals surface area contributed by atoms with Crippen LogP contribution >= 0.6 is 11.8 Å². The van der Waals surface area contributed by atoms with E-state index in [4.69, 9.17) is 4.74 Å². The molecule has 3 heterocycles. The fraction of sp³-hybridized carbons (Fsp3) is 0.294. The molecule has 7 nitrogen and oxygen atoms in total. The van der Waals surface area contributed by atoms with Gasteiger partial charge in [-0.15, -0.1) is 11.8 Å². The normalized spacial score (nSPS) is 12.0. The van der Waals surface area contributed by atoms with E-state index in [1.54, 1.807) is 50.4 Å². The fourth-order valence-corrected chi connectivity index (χ4v) is 5.95. The van der Waals surface area contributed by atoms with Gasteiger partial charge < -0.3 is 14.4 Å². The number of thioether (sulfide) groups is 1. The zero-order valence-corrected chi connectivity index (χ0v) is 25.5. The zero-order chi connectivity index (χ0) is 29.9. The van der Waals surface area contributed by atoms with E-state index in [0.717, 1.165) is 49.8 Å². The third-order valence-electron chi connectivity index (χ3n) is 6.95. The molecule has 2 aromatic carbocycles. The van der Waals surface area contributed by atoms with Crippen molar-refractivity contribution in [2.24, 2.45) is 5.41 Å². The van der Waals surface area contributed by atoms with E-state index >= 15 is 0 Å². The van der Waals surface area contributed by atoms with Gasteiger partial charge in [-0.05, 0) is 49.7 Å². The first-order valence-electron chi connectivity index (χ1n) is 14.0. The SMILES string of the molecule is CC(C)(C)Sc1c(CC(C)(C)C(=O)O)n(Cc2ccc(-c3cnccn3)cc2)c2ccc(OCc3ccccn3)cc12. The highest BCUT2D eigenvalue weighted by atomic mass is 32.2. The van der Waals surface area contributed by atoms with Gasteiger partial charge in [-0.25, -0.2) is 0 Å². The number of carbonyl (C=O) groups is 1. The van der Waals surface area contributed by atoms with Gasteiger partial charge in [-0.1, -0.05) is 51.1 Å². The molecule has 3 aromatic heterocycles. The second-order valence-corrected chi connectivity index (χ2v) is 13.9. The van der Waals surface area contributed by atoms with Crippen LogP contribution in [0.15, 0.2) is 90.3 Å². The van der Waals surface area contributed by atoms with Crippen LogP contribution in [0.1, 0.15) is 51.6 Å². The van der Waals surface area contributed by atoms with E-state index < -0.39 is 11.4 Å². The average Bonchev–Trinajstić information content (AvgIpc) is 3.22. The number of carboxylic acid groups (broad SMARTS) is 1. The van der Waals surface area contributed by atoms with E-state index in [1.165, 1.54) is 0 Å². The summed E-state index contributed by atoms with van der Waals surface area (Å²) >= 11 is 1.77. The van der Waals surface area contributed by atoms with Crippen molar-refractivity contribution in [1.82, 2.24) is 19.5 Å². The lowest BCUT2D eigenvalue weighted by Gasteiger charge is -2.24. The summed E-state index contributed by atoms with van der Waals surface area (Å²) in [4.78, 5) is 26.4. The number of hydrogen-bond donors (Lipinski definition) is 1. The minimum absolute atomic E-state index is 0.0928. The molecule has 0 saturated heterocycles. The Hall–Kier alpha value is -4.17. The van der Waals surface area contributed by atoms with Gasteiger partial charge in [-0.2, -0.15) is 0 Å². The Labute approximate surface area is 251 Å². The number of benzene rings is 2. The number of pyridine rings is 1. The Kier molecular flexibility index (Phi) is 8.36. The third kappa shape index (κ3) is 6.82. The van der Waals surface area contributed by atoms with Crippen LogP contribution in [0.5, 0.6) is 5.75 Å². The van der Waals surface area contributed by atoms with Gasteiger partial charge >= 0.3 is 5.97 Å². The molecule has 0 bridgehead atoms. The van der Waals surface area contributed by atoms with E-state index in [9.17, 15) is 9.90 Å². The summed E-state index contributed by atoms with van der Waals surface area (Å²) in [7, 11) is 0. The first-order valence-corrected chi connectivity index (χ1v) is 14.8. The summed E-state index contributed by atoms with van der Waals surface area (Å²) in [6, 6.07) is 20.2. The molecule has 216 valence electrons. The molecule has 0 atom stereocenters. The molecule has 0 fully saturated rings. The molecule has 42 heavy (non-hydrogen) atoms. The van der Waals surface area contributed by atoms with E-state index in [-0.39, 0.29) is 4.75 Å². The van der Waals surface area contributed by atoms with Crippen LogP contribution in [-0.4, -0.2) is 35.3 Å². The Bertz CT molecular complexity index is 1680.